The van der Waals surface area contributed by atoms with Crippen LogP contribution >= 0.6 is 11.3 Å². The second kappa shape index (κ2) is 11.4. The third kappa shape index (κ3) is 6.76. The average molecular weight is 496 g/mol. The molecule has 0 saturated heterocycles. The van der Waals surface area contributed by atoms with Crippen LogP contribution in [0.5, 0.6) is 0 Å². The molecule has 0 aliphatic carbocycles. The Bertz CT molecular complexity index is 1230. The van der Waals surface area contributed by atoms with Crippen LogP contribution in [0, 0.1) is 17.2 Å². The van der Waals surface area contributed by atoms with Crippen LogP contribution < -0.4 is 10.6 Å². The number of rotatable bonds is 10. The van der Waals surface area contributed by atoms with E-state index in [9.17, 15) is 13.2 Å². The van der Waals surface area contributed by atoms with Gasteiger partial charge in [0.15, 0.2) is 9.84 Å². The summed E-state index contributed by atoms with van der Waals surface area (Å²) in [5.41, 5.74) is 2.91. The third-order valence-corrected chi connectivity index (χ3v) is 7.49. The molecule has 0 spiro atoms. The van der Waals surface area contributed by atoms with Gasteiger partial charge in [-0.1, -0.05) is 56.3 Å². The van der Waals surface area contributed by atoms with Gasteiger partial charge in [0.1, 0.15) is 6.54 Å². The topological polar surface area (TPSA) is 99.1 Å². The molecule has 1 heterocycles. The van der Waals surface area contributed by atoms with Gasteiger partial charge in [0, 0.05) is 11.1 Å². The quantitative estimate of drug-likeness (QED) is 0.402. The van der Waals surface area contributed by atoms with E-state index in [4.69, 9.17) is 5.26 Å². The summed E-state index contributed by atoms with van der Waals surface area (Å²) >= 11 is 1.62. The predicted molar refractivity (Wildman–Crippen MR) is 136 cm³/mol. The molecule has 6 nitrogen and oxygen atoms in total. The lowest BCUT2D eigenvalue weighted by Crippen LogP contribution is -2.46. The van der Waals surface area contributed by atoms with E-state index < -0.39 is 15.9 Å². The number of amides is 1. The molecular weight excluding hydrogens is 466 g/mol. The van der Waals surface area contributed by atoms with Crippen LogP contribution in [0.15, 0.2) is 70.9 Å². The highest BCUT2D eigenvalue weighted by Crippen LogP contribution is 2.30. The molecule has 2 atom stereocenters. The van der Waals surface area contributed by atoms with E-state index in [1.807, 2.05) is 47.8 Å². The van der Waals surface area contributed by atoms with Gasteiger partial charge in [0.25, 0.3) is 0 Å². The van der Waals surface area contributed by atoms with Crippen molar-refractivity contribution in [3.05, 3.63) is 76.5 Å². The van der Waals surface area contributed by atoms with Crippen LogP contribution in [0.1, 0.15) is 36.8 Å². The summed E-state index contributed by atoms with van der Waals surface area (Å²) in [5, 5.41) is 17.1. The highest BCUT2D eigenvalue weighted by molar-refractivity contribution is 7.90. The Morgan fingerprint density at radius 2 is 1.65 bits per heavy atom. The molecule has 2 N–H and O–H groups in total. The number of nitrogens with one attached hydrogen (secondary N) is 2. The van der Waals surface area contributed by atoms with Gasteiger partial charge in [0.05, 0.1) is 23.0 Å². The van der Waals surface area contributed by atoms with E-state index in [1.165, 1.54) is 6.26 Å². The molecule has 0 radical (unpaired) electrons. The Kier molecular flexibility index (Phi) is 8.61. The summed E-state index contributed by atoms with van der Waals surface area (Å²) in [4.78, 5) is 14.1. The molecule has 8 heteroatoms. The fourth-order valence-electron chi connectivity index (χ4n) is 3.73. The van der Waals surface area contributed by atoms with E-state index in [0.29, 0.717) is 17.2 Å². The Labute approximate surface area is 205 Å². The Morgan fingerprint density at radius 1 is 1.03 bits per heavy atom. The number of thiophene rings is 1. The van der Waals surface area contributed by atoms with Crippen LogP contribution in [0.4, 0.5) is 0 Å². The lowest BCUT2D eigenvalue weighted by molar-refractivity contribution is -0.123. The third-order valence-electron chi connectivity index (χ3n) is 5.42. The van der Waals surface area contributed by atoms with Crippen molar-refractivity contribution >= 4 is 27.1 Å². The first-order valence-electron chi connectivity index (χ1n) is 11.0. The van der Waals surface area contributed by atoms with Crippen molar-refractivity contribution in [3.8, 4) is 17.2 Å². The highest BCUT2D eigenvalue weighted by atomic mass is 32.2. The van der Waals surface area contributed by atoms with E-state index in [0.717, 1.165) is 21.6 Å². The number of sulfone groups is 1. The zero-order chi connectivity index (χ0) is 24.7. The standard InChI is InChI=1S/C26H29N3O3S2/c1-18(2)17-23(26(30)28-15-14-27)29-25(24-5-4-16-33-24)21-8-6-19(7-9-21)20-10-12-22(13-11-20)34(3,31)32/h4-13,16,18,23,25,29H,15,17H2,1-3H3,(H,28,30)/t23-,25-/m0/s1. The Balaban J connectivity index is 1.88. The van der Waals surface area contributed by atoms with E-state index >= 15 is 0 Å². The molecule has 0 unspecified atom stereocenters. The Morgan fingerprint density at radius 3 is 2.15 bits per heavy atom. The van der Waals surface area contributed by atoms with Crippen molar-refractivity contribution < 1.29 is 13.2 Å². The molecular formula is C26H29N3O3S2. The van der Waals surface area contributed by atoms with Gasteiger partial charge < -0.3 is 5.32 Å². The monoisotopic (exact) mass is 495 g/mol. The normalized spacial score (nSPS) is 13.3. The minimum absolute atomic E-state index is 0.0222. The van der Waals surface area contributed by atoms with E-state index in [1.54, 1.807) is 35.6 Å². The van der Waals surface area contributed by atoms with Crippen LogP contribution in [-0.2, 0) is 14.6 Å². The smallest absolute Gasteiger partial charge is 0.237 e. The highest BCUT2D eigenvalue weighted by Gasteiger charge is 2.25. The lowest BCUT2D eigenvalue weighted by atomic mass is 9.97. The molecule has 0 saturated carbocycles. The molecule has 3 rings (SSSR count). The van der Waals surface area contributed by atoms with E-state index in [-0.39, 0.29) is 18.5 Å². The maximum Gasteiger partial charge on any atom is 0.237 e. The summed E-state index contributed by atoms with van der Waals surface area (Å²) in [5.74, 6) is 0.117. The van der Waals surface area contributed by atoms with Gasteiger partial charge in [-0.15, -0.1) is 11.3 Å². The molecule has 1 aromatic heterocycles. The summed E-state index contributed by atoms with van der Waals surface area (Å²) in [6.45, 7) is 4.11. The maximum absolute atomic E-state index is 12.7. The number of nitrogens with zero attached hydrogens (tertiary/aromatic N) is 1. The first-order valence-corrected chi connectivity index (χ1v) is 13.8. The molecule has 178 valence electrons. The van der Waals surface area contributed by atoms with Gasteiger partial charge in [-0.05, 0) is 52.6 Å². The van der Waals surface area contributed by atoms with Crippen molar-refractivity contribution in [3.63, 3.8) is 0 Å². The minimum Gasteiger partial charge on any atom is -0.342 e. The minimum atomic E-state index is -3.24. The van der Waals surface area contributed by atoms with Crippen LogP contribution in [0.25, 0.3) is 11.1 Å². The van der Waals surface area contributed by atoms with Gasteiger partial charge in [-0.25, -0.2) is 8.42 Å². The summed E-state index contributed by atoms with van der Waals surface area (Å²) < 4.78 is 23.4. The molecule has 0 aliphatic heterocycles. The summed E-state index contributed by atoms with van der Waals surface area (Å²) in [7, 11) is -3.24. The fraction of sp³-hybridized carbons (Fsp3) is 0.308. The first kappa shape index (κ1) is 25.6. The van der Waals surface area contributed by atoms with Crippen LogP contribution in [0.3, 0.4) is 0 Å². The van der Waals surface area contributed by atoms with E-state index in [2.05, 4.69) is 24.5 Å². The molecule has 0 bridgehead atoms. The van der Waals surface area contributed by atoms with Crippen LogP contribution in [-0.4, -0.2) is 33.2 Å². The van der Waals surface area contributed by atoms with Gasteiger partial charge >= 0.3 is 0 Å². The van der Waals surface area contributed by atoms with Gasteiger partial charge in [-0.2, -0.15) is 5.26 Å². The molecule has 34 heavy (non-hydrogen) atoms. The SMILES string of the molecule is CC(C)C[C@H](N[C@@H](c1ccc(-c2ccc(S(C)(=O)=O)cc2)cc1)c1cccs1)C(=O)NCC#N. The van der Waals surface area contributed by atoms with Gasteiger partial charge in [-0.3, -0.25) is 10.1 Å². The zero-order valence-corrected chi connectivity index (χ0v) is 21.1. The van der Waals surface area contributed by atoms with Crippen molar-refractivity contribution in [2.75, 3.05) is 12.8 Å². The van der Waals surface area contributed by atoms with Gasteiger partial charge in [0.2, 0.25) is 5.91 Å². The maximum atomic E-state index is 12.7. The van der Waals surface area contributed by atoms with Crippen molar-refractivity contribution in [2.24, 2.45) is 5.92 Å². The second-order valence-electron chi connectivity index (χ2n) is 8.59. The number of hydrogen-bond donors (Lipinski definition) is 2. The summed E-state index contributed by atoms with van der Waals surface area (Å²) in [6, 6.07) is 20.3. The van der Waals surface area contributed by atoms with Crippen molar-refractivity contribution in [1.82, 2.24) is 10.6 Å². The molecule has 0 aliphatic rings. The number of hydrogen-bond acceptors (Lipinski definition) is 6. The van der Waals surface area contributed by atoms with Crippen molar-refractivity contribution in [2.45, 2.75) is 37.2 Å². The number of carbonyl (C=O) groups excluding carboxylic acids is 1. The summed E-state index contributed by atoms with van der Waals surface area (Å²) in [6.07, 6.45) is 1.84. The Hall–Kier alpha value is -2.99. The largest absolute Gasteiger partial charge is 0.342 e. The first-order chi connectivity index (χ1) is 16.2. The fourth-order valence-corrected chi connectivity index (χ4v) is 5.18. The number of carbonyl (C=O) groups is 1. The predicted octanol–water partition coefficient (Wildman–Crippen LogP) is 4.55. The number of nitriles is 1. The zero-order valence-electron chi connectivity index (χ0n) is 19.5. The molecule has 3 aromatic rings. The lowest BCUT2D eigenvalue weighted by Gasteiger charge is -2.26. The van der Waals surface area contributed by atoms with Crippen molar-refractivity contribution in [1.29, 1.82) is 5.26 Å². The second-order valence-corrected chi connectivity index (χ2v) is 11.6. The molecule has 0 fully saturated rings. The molecule has 2 aromatic carbocycles. The average Bonchev–Trinajstić information content (AvgIpc) is 3.34. The molecule has 1 amide bonds. The van der Waals surface area contributed by atoms with Crippen LogP contribution in [0.2, 0.25) is 0 Å². The number of benzene rings is 2.